The average molecular weight is 274 g/mol. The molecule has 1 aromatic rings. The van der Waals surface area contributed by atoms with E-state index in [2.05, 4.69) is 21.2 Å². The summed E-state index contributed by atoms with van der Waals surface area (Å²) in [5.41, 5.74) is 5.33. The number of nitrogens with two attached hydrogens (primary N) is 1. The van der Waals surface area contributed by atoms with Crippen LogP contribution in [0.25, 0.3) is 0 Å². The lowest BCUT2D eigenvalue weighted by molar-refractivity contribution is -0.385. The second kappa shape index (κ2) is 4.85. The number of anilines is 1. The number of nitro benzene ring substituents is 1. The van der Waals surface area contributed by atoms with Crippen LogP contribution < -0.4 is 11.1 Å². The molecule has 1 aromatic carbocycles. The fraction of sp³-hybridized carbons (Fsp3) is 0.125. The molecule has 0 saturated carbocycles. The molecule has 0 bridgehead atoms. The molecule has 0 atom stereocenters. The van der Waals surface area contributed by atoms with E-state index < -0.39 is 10.8 Å². The summed E-state index contributed by atoms with van der Waals surface area (Å²) in [7, 11) is 0. The summed E-state index contributed by atoms with van der Waals surface area (Å²) in [6.45, 7) is -0.163. The molecule has 80 valence electrons. The number of hydrogen-bond donors (Lipinski definition) is 2. The lowest BCUT2D eigenvalue weighted by atomic mass is 10.3. The number of carbonyl (C=O) groups is 1. The minimum Gasteiger partial charge on any atom is -0.325 e. The van der Waals surface area contributed by atoms with Gasteiger partial charge in [0.1, 0.15) is 0 Å². The fourth-order valence-electron chi connectivity index (χ4n) is 0.942. The van der Waals surface area contributed by atoms with E-state index in [0.29, 0.717) is 10.2 Å². The predicted octanol–water partition coefficient (Wildman–Crippen LogP) is 1.25. The highest BCUT2D eigenvalue weighted by Crippen LogP contribution is 2.27. The van der Waals surface area contributed by atoms with Gasteiger partial charge in [0.15, 0.2) is 0 Å². The van der Waals surface area contributed by atoms with Crippen molar-refractivity contribution in [2.75, 3.05) is 11.9 Å². The Morgan fingerprint density at radius 2 is 2.27 bits per heavy atom. The van der Waals surface area contributed by atoms with Crippen LogP contribution in [0.15, 0.2) is 22.7 Å². The topological polar surface area (TPSA) is 98.3 Å². The van der Waals surface area contributed by atoms with Crippen molar-refractivity contribution in [3.05, 3.63) is 32.8 Å². The lowest BCUT2D eigenvalue weighted by Crippen LogP contribution is -2.21. The van der Waals surface area contributed by atoms with E-state index >= 15 is 0 Å². The van der Waals surface area contributed by atoms with Crippen LogP contribution in [-0.2, 0) is 4.79 Å². The number of carbonyl (C=O) groups excluding carboxylic acids is 1. The van der Waals surface area contributed by atoms with Gasteiger partial charge in [0.05, 0.1) is 15.9 Å². The lowest BCUT2D eigenvalue weighted by Gasteiger charge is -2.03. The maximum absolute atomic E-state index is 10.9. The number of hydrogen-bond acceptors (Lipinski definition) is 4. The molecule has 0 aliphatic heterocycles. The summed E-state index contributed by atoms with van der Waals surface area (Å²) < 4.78 is 0.359. The molecule has 0 fully saturated rings. The Balaban J connectivity index is 2.97. The predicted molar refractivity (Wildman–Crippen MR) is 58.5 cm³/mol. The molecule has 15 heavy (non-hydrogen) atoms. The van der Waals surface area contributed by atoms with Crippen molar-refractivity contribution in [1.82, 2.24) is 0 Å². The minimum atomic E-state index is -0.539. The Morgan fingerprint density at radius 3 is 2.80 bits per heavy atom. The molecular weight excluding hydrogens is 266 g/mol. The Hall–Kier alpha value is -1.47. The van der Waals surface area contributed by atoms with E-state index in [1.165, 1.54) is 12.1 Å². The molecule has 0 aliphatic carbocycles. The van der Waals surface area contributed by atoms with Gasteiger partial charge in [-0.3, -0.25) is 14.9 Å². The Bertz CT molecular complexity index is 408. The van der Waals surface area contributed by atoms with Crippen LogP contribution in [0, 0.1) is 10.1 Å². The Labute approximate surface area is 93.7 Å². The van der Waals surface area contributed by atoms with Gasteiger partial charge in [-0.2, -0.15) is 0 Å². The molecule has 3 N–H and O–H groups in total. The van der Waals surface area contributed by atoms with Gasteiger partial charge in [0.2, 0.25) is 5.91 Å². The van der Waals surface area contributed by atoms with Crippen LogP contribution >= 0.6 is 15.9 Å². The van der Waals surface area contributed by atoms with Crippen molar-refractivity contribution in [1.29, 1.82) is 0 Å². The molecule has 0 aromatic heterocycles. The van der Waals surface area contributed by atoms with Crippen LogP contribution in [-0.4, -0.2) is 17.4 Å². The third-order valence-electron chi connectivity index (χ3n) is 1.61. The quantitative estimate of drug-likeness (QED) is 0.640. The number of nitrogens with one attached hydrogen (secondary N) is 1. The highest BCUT2D eigenvalue weighted by atomic mass is 79.9. The van der Waals surface area contributed by atoms with Crippen LogP contribution in [0.2, 0.25) is 0 Å². The number of nitrogens with zero attached hydrogens (tertiary/aromatic N) is 1. The standard InChI is InChI=1S/C8H8BrN3O3/c9-6-2-1-5(11-8(13)4-10)3-7(6)12(14)15/h1-3H,4,10H2,(H,11,13). The second-order valence-corrected chi connectivity index (χ2v) is 3.53. The number of halogens is 1. The Kier molecular flexibility index (Phi) is 3.75. The van der Waals surface area contributed by atoms with Gasteiger partial charge in [0.25, 0.3) is 5.69 Å². The largest absolute Gasteiger partial charge is 0.325 e. The normalized spacial score (nSPS) is 9.73. The summed E-state index contributed by atoms with van der Waals surface area (Å²) >= 11 is 3.04. The summed E-state index contributed by atoms with van der Waals surface area (Å²) in [5, 5.41) is 13.0. The molecule has 0 aliphatic rings. The zero-order valence-corrected chi connectivity index (χ0v) is 9.15. The molecule has 0 radical (unpaired) electrons. The van der Waals surface area contributed by atoms with Gasteiger partial charge in [-0.15, -0.1) is 0 Å². The van der Waals surface area contributed by atoms with Crippen molar-refractivity contribution in [2.45, 2.75) is 0 Å². The average Bonchev–Trinajstić information content (AvgIpc) is 2.20. The van der Waals surface area contributed by atoms with E-state index in [1.54, 1.807) is 6.07 Å². The van der Waals surface area contributed by atoms with Gasteiger partial charge >= 0.3 is 0 Å². The first kappa shape index (κ1) is 11.6. The van der Waals surface area contributed by atoms with E-state index in [-0.39, 0.29) is 12.2 Å². The van der Waals surface area contributed by atoms with Crippen LogP contribution in [0.5, 0.6) is 0 Å². The molecule has 0 spiro atoms. The third kappa shape index (κ3) is 3.00. The van der Waals surface area contributed by atoms with Crippen LogP contribution in [0.1, 0.15) is 0 Å². The first-order valence-corrected chi connectivity index (χ1v) is 4.77. The van der Waals surface area contributed by atoms with E-state index in [0.717, 1.165) is 0 Å². The van der Waals surface area contributed by atoms with Crippen molar-refractivity contribution < 1.29 is 9.72 Å². The van der Waals surface area contributed by atoms with E-state index in [9.17, 15) is 14.9 Å². The highest BCUT2D eigenvalue weighted by Gasteiger charge is 2.12. The van der Waals surface area contributed by atoms with Gasteiger partial charge < -0.3 is 11.1 Å². The van der Waals surface area contributed by atoms with E-state index in [4.69, 9.17) is 5.73 Å². The first-order valence-electron chi connectivity index (χ1n) is 3.98. The molecule has 0 saturated heterocycles. The molecule has 1 rings (SSSR count). The Morgan fingerprint density at radius 1 is 1.60 bits per heavy atom. The minimum absolute atomic E-state index is 0.107. The summed E-state index contributed by atoms with van der Waals surface area (Å²) in [5.74, 6) is -0.397. The van der Waals surface area contributed by atoms with Gasteiger partial charge in [0, 0.05) is 11.8 Å². The van der Waals surface area contributed by atoms with Gasteiger partial charge in [-0.05, 0) is 28.1 Å². The van der Waals surface area contributed by atoms with Crippen LogP contribution in [0.4, 0.5) is 11.4 Å². The fourth-order valence-corrected chi connectivity index (χ4v) is 1.33. The van der Waals surface area contributed by atoms with E-state index in [1.807, 2.05) is 0 Å². The zero-order chi connectivity index (χ0) is 11.4. The smallest absolute Gasteiger partial charge is 0.285 e. The number of amides is 1. The maximum atomic E-state index is 10.9. The molecule has 0 heterocycles. The van der Waals surface area contributed by atoms with Gasteiger partial charge in [-0.1, -0.05) is 0 Å². The maximum Gasteiger partial charge on any atom is 0.285 e. The first-order chi connectivity index (χ1) is 7.04. The second-order valence-electron chi connectivity index (χ2n) is 2.68. The van der Waals surface area contributed by atoms with Crippen molar-refractivity contribution in [3.63, 3.8) is 0 Å². The molecule has 6 nitrogen and oxygen atoms in total. The van der Waals surface area contributed by atoms with Gasteiger partial charge in [-0.25, -0.2) is 0 Å². The zero-order valence-electron chi connectivity index (χ0n) is 7.57. The number of rotatable bonds is 3. The summed E-state index contributed by atoms with van der Waals surface area (Å²) in [6.07, 6.45) is 0. The monoisotopic (exact) mass is 273 g/mol. The number of nitro groups is 1. The SMILES string of the molecule is NCC(=O)Nc1ccc(Br)c([N+](=O)[O-])c1. The van der Waals surface area contributed by atoms with Crippen molar-refractivity contribution in [2.24, 2.45) is 5.73 Å². The summed E-state index contributed by atoms with van der Waals surface area (Å²) in [4.78, 5) is 21.0. The summed E-state index contributed by atoms with van der Waals surface area (Å²) in [6, 6.07) is 4.30. The van der Waals surface area contributed by atoms with Crippen molar-refractivity contribution in [3.8, 4) is 0 Å². The molecule has 0 unspecified atom stereocenters. The highest BCUT2D eigenvalue weighted by molar-refractivity contribution is 9.10. The van der Waals surface area contributed by atoms with Crippen LogP contribution in [0.3, 0.4) is 0 Å². The van der Waals surface area contributed by atoms with Crippen molar-refractivity contribution >= 4 is 33.2 Å². The number of benzene rings is 1. The third-order valence-corrected chi connectivity index (χ3v) is 2.28. The molecule has 1 amide bonds. The molecular formula is C8H8BrN3O3. The molecule has 7 heteroatoms.